The number of fused-ring (bicyclic) bond motifs is 1. The first kappa shape index (κ1) is 21.8. The standard InChI is InChI=1S/C24H25N5O3S/c1-16(22-27-28-23(32-22)17-7-9-18(30-2)10-8-17)33-24-19-5-3-4-6-20(19)25-21(26-24)15-29-11-13-31-14-12-29/h3-10,16H,11-15H2,1-2H3/t16-/m1/s1. The number of ether oxygens (including phenoxy) is 2. The summed E-state index contributed by atoms with van der Waals surface area (Å²) >= 11 is 1.61. The maximum absolute atomic E-state index is 5.99. The average Bonchev–Trinajstić information content (AvgIpc) is 3.35. The van der Waals surface area contributed by atoms with Crippen LogP contribution in [0.2, 0.25) is 0 Å². The molecule has 3 heterocycles. The van der Waals surface area contributed by atoms with Gasteiger partial charge in [0, 0.05) is 24.0 Å². The van der Waals surface area contributed by atoms with Gasteiger partial charge >= 0.3 is 0 Å². The highest BCUT2D eigenvalue weighted by molar-refractivity contribution is 7.99. The number of morpholine rings is 1. The van der Waals surface area contributed by atoms with Crippen LogP contribution in [0.5, 0.6) is 5.75 Å². The van der Waals surface area contributed by atoms with Crippen molar-refractivity contribution in [1.29, 1.82) is 0 Å². The molecule has 1 saturated heterocycles. The van der Waals surface area contributed by atoms with Gasteiger partial charge in [-0.2, -0.15) is 0 Å². The Kier molecular flexibility index (Phi) is 6.52. The third-order valence-electron chi connectivity index (χ3n) is 5.50. The Morgan fingerprint density at radius 1 is 1.03 bits per heavy atom. The molecule has 0 amide bonds. The van der Waals surface area contributed by atoms with E-state index >= 15 is 0 Å². The second-order valence-electron chi connectivity index (χ2n) is 7.78. The second kappa shape index (κ2) is 9.86. The van der Waals surface area contributed by atoms with Crippen LogP contribution >= 0.6 is 11.8 Å². The summed E-state index contributed by atoms with van der Waals surface area (Å²) in [6, 6.07) is 15.7. The lowest BCUT2D eigenvalue weighted by molar-refractivity contribution is 0.0330. The van der Waals surface area contributed by atoms with Crippen molar-refractivity contribution in [1.82, 2.24) is 25.1 Å². The van der Waals surface area contributed by atoms with Crippen LogP contribution in [0.3, 0.4) is 0 Å². The molecule has 0 N–H and O–H groups in total. The Labute approximate surface area is 196 Å². The van der Waals surface area contributed by atoms with Crippen molar-refractivity contribution >= 4 is 22.7 Å². The van der Waals surface area contributed by atoms with Crippen LogP contribution < -0.4 is 4.74 Å². The zero-order chi connectivity index (χ0) is 22.6. The summed E-state index contributed by atoms with van der Waals surface area (Å²) in [4.78, 5) is 12.0. The number of benzene rings is 2. The highest BCUT2D eigenvalue weighted by Crippen LogP contribution is 2.37. The van der Waals surface area contributed by atoms with Crippen LogP contribution in [0.1, 0.15) is 23.9 Å². The van der Waals surface area contributed by atoms with Crippen molar-refractivity contribution in [3.05, 3.63) is 60.2 Å². The molecule has 33 heavy (non-hydrogen) atoms. The van der Waals surface area contributed by atoms with Crippen LogP contribution in [-0.4, -0.2) is 58.5 Å². The van der Waals surface area contributed by atoms with Crippen molar-refractivity contribution in [2.45, 2.75) is 23.7 Å². The maximum atomic E-state index is 5.99. The number of hydrogen-bond acceptors (Lipinski definition) is 9. The molecular weight excluding hydrogens is 438 g/mol. The molecule has 2 aromatic heterocycles. The molecule has 0 spiro atoms. The third-order valence-corrected chi connectivity index (χ3v) is 6.59. The van der Waals surface area contributed by atoms with E-state index in [1.165, 1.54) is 0 Å². The van der Waals surface area contributed by atoms with Gasteiger partial charge in [-0.3, -0.25) is 4.90 Å². The molecule has 2 aromatic carbocycles. The summed E-state index contributed by atoms with van der Waals surface area (Å²) in [6.45, 7) is 6.04. The minimum absolute atomic E-state index is 0.0703. The third kappa shape index (κ3) is 5.00. The molecule has 1 atom stereocenters. The normalized spacial score (nSPS) is 15.6. The minimum atomic E-state index is -0.0703. The molecule has 0 unspecified atom stereocenters. The second-order valence-corrected chi connectivity index (χ2v) is 9.11. The molecule has 4 aromatic rings. The molecule has 0 radical (unpaired) electrons. The molecule has 1 aliphatic heterocycles. The number of para-hydroxylation sites is 1. The summed E-state index contributed by atoms with van der Waals surface area (Å²) < 4.78 is 16.7. The number of aromatic nitrogens is 4. The Morgan fingerprint density at radius 2 is 1.82 bits per heavy atom. The number of methoxy groups -OCH3 is 1. The SMILES string of the molecule is COc1ccc(-c2nnc([C@@H](C)Sc3nc(CN4CCOCC4)nc4ccccc34)o2)cc1. The summed E-state index contributed by atoms with van der Waals surface area (Å²) in [5.74, 6) is 2.64. The predicted octanol–water partition coefficient (Wildman–Crippen LogP) is 4.37. The molecule has 1 aliphatic rings. The molecule has 170 valence electrons. The summed E-state index contributed by atoms with van der Waals surface area (Å²) in [5, 5.41) is 10.4. The molecular formula is C24H25N5O3S. The van der Waals surface area contributed by atoms with E-state index < -0.39 is 0 Å². The number of nitrogens with zero attached hydrogens (tertiary/aromatic N) is 5. The molecule has 0 saturated carbocycles. The first-order valence-electron chi connectivity index (χ1n) is 10.9. The van der Waals surface area contributed by atoms with Crippen LogP contribution in [0, 0.1) is 0 Å². The van der Waals surface area contributed by atoms with Gasteiger partial charge in [-0.25, -0.2) is 9.97 Å². The monoisotopic (exact) mass is 463 g/mol. The number of thioether (sulfide) groups is 1. The fraction of sp³-hybridized carbons (Fsp3) is 0.333. The van der Waals surface area contributed by atoms with E-state index in [1.54, 1.807) is 18.9 Å². The quantitative estimate of drug-likeness (QED) is 0.293. The van der Waals surface area contributed by atoms with Crippen molar-refractivity contribution in [3.63, 3.8) is 0 Å². The fourth-order valence-electron chi connectivity index (χ4n) is 3.68. The lowest BCUT2D eigenvalue weighted by atomic mass is 10.2. The van der Waals surface area contributed by atoms with Crippen LogP contribution in [-0.2, 0) is 11.3 Å². The fourth-order valence-corrected chi connectivity index (χ4v) is 4.67. The van der Waals surface area contributed by atoms with Gasteiger partial charge in [-0.05, 0) is 37.3 Å². The van der Waals surface area contributed by atoms with Crippen molar-refractivity contribution in [2.75, 3.05) is 33.4 Å². The van der Waals surface area contributed by atoms with E-state index in [2.05, 4.69) is 28.1 Å². The smallest absolute Gasteiger partial charge is 0.247 e. The van der Waals surface area contributed by atoms with Crippen LogP contribution in [0.4, 0.5) is 0 Å². The number of rotatable bonds is 7. The van der Waals surface area contributed by atoms with Gasteiger partial charge < -0.3 is 13.9 Å². The van der Waals surface area contributed by atoms with E-state index in [1.807, 2.05) is 42.5 Å². The van der Waals surface area contributed by atoms with E-state index in [9.17, 15) is 0 Å². The summed E-state index contributed by atoms with van der Waals surface area (Å²) in [7, 11) is 1.64. The minimum Gasteiger partial charge on any atom is -0.497 e. The lowest BCUT2D eigenvalue weighted by Crippen LogP contribution is -2.36. The zero-order valence-corrected chi connectivity index (χ0v) is 19.4. The largest absolute Gasteiger partial charge is 0.497 e. The van der Waals surface area contributed by atoms with Crippen LogP contribution in [0.15, 0.2) is 58.0 Å². The lowest BCUT2D eigenvalue weighted by Gasteiger charge is -2.26. The van der Waals surface area contributed by atoms with Gasteiger partial charge in [0.05, 0.1) is 37.6 Å². The van der Waals surface area contributed by atoms with Crippen molar-refractivity contribution in [2.24, 2.45) is 0 Å². The Hall–Kier alpha value is -3.01. The molecule has 9 heteroatoms. The molecule has 0 aliphatic carbocycles. The molecule has 5 rings (SSSR count). The Morgan fingerprint density at radius 3 is 2.61 bits per heavy atom. The van der Waals surface area contributed by atoms with Gasteiger partial charge in [-0.15, -0.1) is 10.2 Å². The summed E-state index contributed by atoms with van der Waals surface area (Å²) in [6.07, 6.45) is 0. The maximum Gasteiger partial charge on any atom is 0.247 e. The average molecular weight is 464 g/mol. The zero-order valence-electron chi connectivity index (χ0n) is 18.6. The predicted molar refractivity (Wildman–Crippen MR) is 126 cm³/mol. The van der Waals surface area contributed by atoms with E-state index in [4.69, 9.17) is 23.9 Å². The van der Waals surface area contributed by atoms with Crippen molar-refractivity contribution < 1.29 is 13.9 Å². The molecule has 0 bridgehead atoms. The number of hydrogen-bond donors (Lipinski definition) is 0. The first-order valence-corrected chi connectivity index (χ1v) is 11.8. The molecule has 1 fully saturated rings. The van der Waals surface area contributed by atoms with Gasteiger partial charge in [0.25, 0.3) is 0 Å². The topological polar surface area (TPSA) is 86.4 Å². The Balaban J connectivity index is 1.38. The van der Waals surface area contributed by atoms with E-state index in [-0.39, 0.29) is 5.25 Å². The molecule has 8 nitrogen and oxygen atoms in total. The highest BCUT2D eigenvalue weighted by atomic mass is 32.2. The van der Waals surface area contributed by atoms with E-state index in [0.717, 1.165) is 59.4 Å². The summed E-state index contributed by atoms with van der Waals surface area (Å²) in [5.41, 5.74) is 1.79. The van der Waals surface area contributed by atoms with Gasteiger partial charge in [0.1, 0.15) is 16.6 Å². The first-order chi connectivity index (χ1) is 16.2. The highest BCUT2D eigenvalue weighted by Gasteiger charge is 2.20. The van der Waals surface area contributed by atoms with Gasteiger partial charge in [0.2, 0.25) is 11.8 Å². The van der Waals surface area contributed by atoms with Gasteiger partial charge in [0.15, 0.2) is 0 Å². The van der Waals surface area contributed by atoms with Gasteiger partial charge in [-0.1, -0.05) is 30.0 Å². The van der Waals surface area contributed by atoms with E-state index in [0.29, 0.717) is 18.3 Å². The van der Waals surface area contributed by atoms with Crippen molar-refractivity contribution in [3.8, 4) is 17.2 Å². The Bertz CT molecular complexity index is 1220. The van der Waals surface area contributed by atoms with Crippen LogP contribution in [0.25, 0.3) is 22.4 Å².